The van der Waals surface area contributed by atoms with E-state index in [1.165, 1.54) is 0 Å². The normalized spacial score (nSPS) is 11.7. The van der Waals surface area contributed by atoms with Crippen LogP contribution in [0.2, 0.25) is 0 Å². The summed E-state index contributed by atoms with van der Waals surface area (Å²) >= 11 is 0. The number of nitrogens with two attached hydrogens (primary N) is 1. The van der Waals surface area contributed by atoms with Crippen LogP contribution in [-0.2, 0) is 22.4 Å². The molecule has 1 heterocycles. The smallest absolute Gasteiger partial charge is 0.239 e. The van der Waals surface area contributed by atoms with Crippen LogP contribution in [0.1, 0.15) is 32.5 Å². The molecule has 0 saturated carbocycles. The quantitative estimate of drug-likeness (QED) is 0.606. The van der Waals surface area contributed by atoms with E-state index in [2.05, 4.69) is 20.8 Å². The van der Waals surface area contributed by atoms with Gasteiger partial charge in [0.2, 0.25) is 17.7 Å². The molecule has 1 aromatic rings. The van der Waals surface area contributed by atoms with Crippen molar-refractivity contribution in [2.24, 2.45) is 11.7 Å². The molecule has 2 amide bonds. The minimum atomic E-state index is -0.607. The Bertz CT molecular complexity index is 478. The minimum absolute atomic E-state index is 0. The summed E-state index contributed by atoms with van der Waals surface area (Å²) < 4.78 is 4.95. The van der Waals surface area contributed by atoms with E-state index in [-0.39, 0.29) is 36.7 Å². The summed E-state index contributed by atoms with van der Waals surface area (Å²) in [5.74, 6) is 0.549. The van der Waals surface area contributed by atoms with Gasteiger partial charge in [-0.15, -0.1) is 12.4 Å². The van der Waals surface area contributed by atoms with Crippen LogP contribution >= 0.6 is 12.4 Å². The Balaban J connectivity index is 0.00000441. The highest BCUT2D eigenvalue weighted by atomic mass is 35.5. The number of rotatable bonds is 8. The van der Waals surface area contributed by atoms with Crippen LogP contribution in [0.3, 0.4) is 0 Å². The summed E-state index contributed by atoms with van der Waals surface area (Å²) in [7, 11) is 0. The molecule has 1 aromatic heterocycles. The van der Waals surface area contributed by atoms with E-state index >= 15 is 0 Å². The molecule has 0 aromatic carbocycles. The van der Waals surface area contributed by atoms with Gasteiger partial charge in [-0.05, 0) is 5.92 Å². The van der Waals surface area contributed by atoms with Gasteiger partial charge in [-0.2, -0.15) is 4.98 Å². The van der Waals surface area contributed by atoms with Gasteiger partial charge >= 0.3 is 0 Å². The molecule has 0 bridgehead atoms. The summed E-state index contributed by atoms with van der Waals surface area (Å²) in [5, 5.41) is 8.94. The van der Waals surface area contributed by atoms with Crippen molar-refractivity contribution in [3.63, 3.8) is 0 Å². The van der Waals surface area contributed by atoms with Gasteiger partial charge < -0.3 is 20.9 Å². The summed E-state index contributed by atoms with van der Waals surface area (Å²) in [5.41, 5.74) is 5.67. The third-order valence-electron chi connectivity index (χ3n) is 2.93. The van der Waals surface area contributed by atoms with Crippen LogP contribution in [0.5, 0.6) is 0 Å². The topological polar surface area (TPSA) is 123 Å². The lowest BCUT2D eigenvalue weighted by Crippen LogP contribution is -2.47. The van der Waals surface area contributed by atoms with E-state index in [4.69, 9.17) is 10.3 Å². The van der Waals surface area contributed by atoms with Gasteiger partial charge in [0.1, 0.15) is 0 Å². The standard InChI is InChI=1S/C13H23N5O3.ClH/c1-4-11-17-9(18-21-11)5-6-15-10(19)7-16-13(20)12(14)8(2)3;/h8,12H,4-7,14H2,1-3H3,(H,15,19)(H,16,20);1H/t12-;/m0./s1. The number of carbonyl (C=O) groups excluding carboxylic acids is 2. The lowest BCUT2D eigenvalue weighted by molar-refractivity contribution is -0.127. The molecule has 0 spiro atoms. The Hall–Kier alpha value is -1.67. The number of hydrogen-bond acceptors (Lipinski definition) is 6. The van der Waals surface area contributed by atoms with Gasteiger partial charge in [-0.3, -0.25) is 9.59 Å². The van der Waals surface area contributed by atoms with Crippen LogP contribution in [-0.4, -0.2) is 41.1 Å². The molecule has 126 valence electrons. The Morgan fingerprint density at radius 1 is 1.32 bits per heavy atom. The van der Waals surface area contributed by atoms with Crippen molar-refractivity contribution >= 4 is 24.2 Å². The SMILES string of the molecule is CCc1nc(CCNC(=O)CNC(=O)[C@@H](N)C(C)C)no1.Cl. The lowest BCUT2D eigenvalue weighted by atomic mass is 10.1. The lowest BCUT2D eigenvalue weighted by Gasteiger charge is -2.15. The van der Waals surface area contributed by atoms with Crippen LogP contribution in [0.25, 0.3) is 0 Å². The maximum absolute atomic E-state index is 11.6. The highest BCUT2D eigenvalue weighted by Gasteiger charge is 2.17. The van der Waals surface area contributed by atoms with Crippen molar-refractivity contribution in [2.45, 2.75) is 39.7 Å². The van der Waals surface area contributed by atoms with Crippen molar-refractivity contribution < 1.29 is 14.1 Å². The summed E-state index contributed by atoms with van der Waals surface area (Å²) in [6, 6.07) is -0.607. The summed E-state index contributed by atoms with van der Waals surface area (Å²) in [6.45, 7) is 5.91. The molecule has 1 atom stereocenters. The predicted octanol–water partition coefficient (Wildman–Crippen LogP) is -0.188. The third-order valence-corrected chi connectivity index (χ3v) is 2.93. The first-order chi connectivity index (χ1) is 9.93. The second-order valence-corrected chi connectivity index (χ2v) is 5.05. The highest BCUT2D eigenvalue weighted by Crippen LogP contribution is 1.98. The Kier molecular flexibility index (Phi) is 9.35. The second-order valence-electron chi connectivity index (χ2n) is 5.05. The highest BCUT2D eigenvalue weighted by molar-refractivity contribution is 5.87. The number of halogens is 1. The summed E-state index contributed by atoms with van der Waals surface area (Å²) in [4.78, 5) is 27.3. The molecule has 0 saturated heterocycles. The first-order valence-electron chi connectivity index (χ1n) is 7.05. The molecule has 0 aliphatic heterocycles. The average molecular weight is 334 g/mol. The molecule has 0 fully saturated rings. The molecular formula is C13H24ClN5O3. The van der Waals surface area contributed by atoms with Gasteiger partial charge in [0.05, 0.1) is 12.6 Å². The fourth-order valence-corrected chi connectivity index (χ4v) is 1.50. The van der Waals surface area contributed by atoms with Gasteiger partial charge in [-0.1, -0.05) is 25.9 Å². The molecule has 0 radical (unpaired) electrons. The molecule has 8 nitrogen and oxygen atoms in total. The van der Waals surface area contributed by atoms with Crippen molar-refractivity contribution in [1.82, 2.24) is 20.8 Å². The largest absolute Gasteiger partial charge is 0.354 e. The maximum Gasteiger partial charge on any atom is 0.239 e. The fourth-order valence-electron chi connectivity index (χ4n) is 1.50. The van der Waals surface area contributed by atoms with Crippen molar-refractivity contribution in [2.75, 3.05) is 13.1 Å². The zero-order valence-electron chi connectivity index (χ0n) is 13.1. The third kappa shape index (κ3) is 6.86. The van der Waals surface area contributed by atoms with E-state index in [9.17, 15) is 9.59 Å². The monoisotopic (exact) mass is 333 g/mol. The number of nitrogens with one attached hydrogen (secondary N) is 2. The Morgan fingerprint density at radius 3 is 2.55 bits per heavy atom. The first-order valence-corrected chi connectivity index (χ1v) is 7.05. The zero-order valence-corrected chi connectivity index (χ0v) is 13.9. The minimum Gasteiger partial charge on any atom is -0.354 e. The number of nitrogens with zero attached hydrogens (tertiary/aromatic N) is 2. The van der Waals surface area contributed by atoms with Crippen LogP contribution < -0.4 is 16.4 Å². The number of aryl methyl sites for hydroxylation is 1. The van der Waals surface area contributed by atoms with E-state index in [1.807, 2.05) is 20.8 Å². The molecule has 0 aliphatic carbocycles. The van der Waals surface area contributed by atoms with Crippen molar-refractivity contribution in [3.05, 3.63) is 11.7 Å². The molecule has 9 heteroatoms. The van der Waals surface area contributed by atoms with E-state index in [0.29, 0.717) is 31.1 Å². The number of hydrogen-bond donors (Lipinski definition) is 3. The molecular weight excluding hydrogens is 310 g/mol. The Morgan fingerprint density at radius 2 is 2.00 bits per heavy atom. The van der Waals surface area contributed by atoms with Crippen LogP contribution in [0, 0.1) is 5.92 Å². The zero-order chi connectivity index (χ0) is 15.8. The van der Waals surface area contributed by atoms with Crippen LogP contribution in [0.4, 0.5) is 0 Å². The van der Waals surface area contributed by atoms with E-state index in [0.717, 1.165) is 0 Å². The van der Waals surface area contributed by atoms with Crippen molar-refractivity contribution in [1.29, 1.82) is 0 Å². The Labute approximate surface area is 136 Å². The molecule has 22 heavy (non-hydrogen) atoms. The number of amides is 2. The molecule has 1 rings (SSSR count). The number of carbonyl (C=O) groups is 2. The van der Waals surface area contributed by atoms with Crippen LogP contribution in [0.15, 0.2) is 4.52 Å². The molecule has 0 unspecified atom stereocenters. The van der Waals surface area contributed by atoms with Crippen molar-refractivity contribution in [3.8, 4) is 0 Å². The summed E-state index contributed by atoms with van der Waals surface area (Å²) in [6.07, 6.45) is 1.16. The molecule has 4 N–H and O–H groups in total. The molecule has 0 aliphatic rings. The van der Waals surface area contributed by atoms with Gasteiger partial charge in [-0.25, -0.2) is 0 Å². The number of aromatic nitrogens is 2. The van der Waals surface area contributed by atoms with Gasteiger partial charge in [0, 0.05) is 19.4 Å². The second kappa shape index (κ2) is 10.1. The van der Waals surface area contributed by atoms with E-state index < -0.39 is 6.04 Å². The predicted molar refractivity (Wildman–Crippen MR) is 83.5 cm³/mol. The average Bonchev–Trinajstić information content (AvgIpc) is 2.91. The fraction of sp³-hybridized carbons (Fsp3) is 0.692. The van der Waals surface area contributed by atoms with Gasteiger partial charge in [0.25, 0.3) is 0 Å². The van der Waals surface area contributed by atoms with Gasteiger partial charge in [0.15, 0.2) is 5.82 Å². The first kappa shape index (κ1) is 20.3. The van der Waals surface area contributed by atoms with E-state index in [1.54, 1.807) is 0 Å². The maximum atomic E-state index is 11.6.